The van der Waals surface area contributed by atoms with E-state index in [2.05, 4.69) is 14.2 Å². The minimum absolute atomic E-state index is 0.0340. The van der Waals surface area contributed by atoms with E-state index in [-0.39, 0.29) is 18.1 Å². The number of benzene rings is 1. The molecule has 0 aliphatic carbocycles. The van der Waals surface area contributed by atoms with Crippen LogP contribution in [0.5, 0.6) is 11.5 Å². The number of hydrogen-bond donors (Lipinski definition) is 0. The van der Waals surface area contributed by atoms with Crippen molar-refractivity contribution in [3.8, 4) is 11.5 Å². The molecule has 0 atom stereocenters. The van der Waals surface area contributed by atoms with E-state index in [1.807, 2.05) is 0 Å². The van der Waals surface area contributed by atoms with Crippen molar-refractivity contribution < 1.29 is 27.8 Å². The number of rotatable bonds is 3. The average Bonchev–Trinajstić information content (AvgIpc) is 2.59. The van der Waals surface area contributed by atoms with Crippen LogP contribution in [0, 0.1) is 0 Å². The Labute approximate surface area is 102 Å². The van der Waals surface area contributed by atoms with Gasteiger partial charge in [-0.15, -0.1) is 8.78 Å². The lowest BCUT2D eigenvalue weighted by Crippen LogP contribution is -2.25. The third-order valence-electron chi connectivity index (χ3n) is 2.12. The molecule has 1 aromatic rings. The first-order chi connectivity index (χ1) is 8.50. The molecule has 0 saturated carbocycles. The third-order valence-corrected chi connectivity index (χ3v) is 2.12. The van der Waals surface area contributed by atoms with Crippen LogP contribution in [0.25, 0.3) is 6.08 Å². The summed E-state index contributed by atoms with van der Waals surface area (Å²) in [6, 6.07) is 4.23. The van der Waals surface area contributed by atoms with E-state index in [1.165, 1.54) is 30.4 Å². The molecule has 1 aromatic carbocycles. The molecule has 6 heteroatoms. The van der Waals surface area contributed by atoms with Crippen molar-refractivity contribution in [2.75, 3.05) is 6.61 Å². The van der Waals surface area contributed by atoms with E-state index in [1.54, 1.807) is 6.92 Å². The van der Waals surface area contributed by atoms with Gasteiger partial charge in [0, 0.05) is 6.08 Å². The first kappa shape index (κ1) is 12.3. The van der Waals surface area contributed by atoms with Gasteiger partial charge < -0.3 is 14.2 Å². The summed E-state index contributed by atoms with van der Waals surface area (Å²) in [5.41, 5.74) is 0.531. The summed E-state index contributed by atoms with van der Waals surface area (Å²) in [7, 11) is 0. The van der Waals surface area contributed by atoms with Crippen LogP contribution >= 0.6 is 0 Å². The summed E-state index contributed by atoms with van der Waals surface area (Å²) >= 11 is 0. The highest BCUT2D eigenvalue weighted by Gasteiger charge is 2.43. The van der Waals surface area contributed by atoms with Crippen molar-refractivity contribution in [1.82, 2.24) is 0 Å². The second kappa shape index (κ2) is 4.64. The molecule has 1 heterocycles. The van der Waals surface area contributed by atoms with E-state index in [9.17, 15) is 13.6 Å². The standard InChI is InChI=1S/C12H10F2O4/c1-2-16-11(15)6-4-8-3-5-9-10(7-8)18-12(13,14)17-9/h3-7H,2H2,1H3/b6-4+. The summed E-state index contributed by atoms with van der Waals surface area (Å²) in [4.78, 5) is 11.1. The predicted octanol–water partition coefficient (Wildman–Crippen LogP) is 2.58. The van der Waals surface area contributed by atoms with Gasteiger partial charge in [-0.3, -0.25) is 0 Å². The van der Waals surface area contributed by atoms with Gasteiger partial charge in [0.2, 0.25) is 0 Å². The van der Waals surface area contributed by atoms with Gasteiger partial charge in [-0.2, -0.15) is 0 Å². The quantitative estimate of drug-likeness (QED) is 0.616. The summed E-state index contributed by atoms with van der Waals surface area (Å²) in [5.74, 6) is -0.597. The first-order valence-electron chi connectivity index (χ1n) is 5.25. The van der Waals surface area contributed by atoms with Crippen molar-refractivity contribution >= 4 is 12.0 Å². The first-order valence-corrected chi connectivity index (χ1v) is 5.25. The second-order valence-electron chi connectivity index (χ2n) is 3.46. The maximum Gasteiger partial charge on any atom is 0.586 e. The maximum atomic E-state index is 12.7. The maximum absolute atomic E-state index is 12.7. The molecule has 0 fully saturated rings. The molecule has 0 aromatic heterocycles. The number of hydrogen-bond acceptors (Lipinski definition) is 4. The smallest absolute Gasteiger partial charge is 0.463 e. The normalized spacial score (nSPS) is 15.9. The fourth-order valence-corrected chi connectivity index (χ4v) is 1.42. The minimum atomic E-state index is -3.63. The number of esters is 1. The molecule has 1 aliphatic heterocycles. The lowest BCUT2D eigenvalue weighted by molar-refractivity contribution is -0.286. The van der Waals surface area contributed by atoms with Crippen molar-refractivity contribution in [2.24, 2.45) is 0 Å². The van der Waals surface area contributed by atoms with Gasteiger partial charge >= 0.3 is 12.3 Å². The molecule has 4 nitrogen and oxygen atoms in total. The Bertz CT molecular complexity index is 497. The zero-order valence-corrected chi connectivity index (χ0v) is 9.48. The van der Waals surface area contributed by atoms with Gasteiger partial charge in [0.25, 0.3) is 0 Å². The molecule has 0 bridgehead atoms. The Hall–Kier alpha value is -2.11. The average molecular weight is 256 g/mol. The largest absolute Gasteiger partial charge is 0.586 e. The minimum Gasteiger partial charge on any atom is -0.463 e. The van der Waals surface area contributed by atoms with Crippen molar-refractivity contribution in [3.05, 3.63) is 29.8 Å². The summed E-state index contributed by atoms with van der Waals surface area (Å²) in [6.07, 6.45) is -0.983. The van der Waals surface area contributed by atoms with Gasteiger partial charge in [-0.1, -0.05) is 6.07 Å². The number of halogens is 2. The predicted molar refractivity (Wildman–Crippen MR) is 58.3 cm³/mol. The zero-order chi connectivity index (χ0) is 13.2. The Morgan fingerprint density at radius 1 is 1.39 bits per heavy atom. The van der Waals surface area contributed by atoms with E-state index in [0.29, 0.717) is 5.56 Å². The molecule has 0 unspecified atom stereocenters. The zero-order valence-electron chi connectivity index (χ0n) is 9.48. The molecule has 18 heavy (non-hydrogen) atoms. The van der Waals surface area contributed by atoms with Crippen LogP contribution in [0.4, 0.5) is 8.78 Å². The molecule has 1 aliphatic rings. The molecular formula is C12H10F2O4. The molecule has 0 amide bonds. The van der Waals surface area contributed by atoms with Crippen LogP contribution in [-0.4, -0.2) is 18.9 Å². The molecule has 0 spiro atoms. The fraction of sp³-hybridized carbons (Fsp3) is 0.250. The molecule has 0 radical (unpaired) electrons. The highest BCUT2D eigenvalue weighted by atomic mass is 19.3. The Kier molecular flexibility index (Phi) is 3.18. The van der Waals surface area contributed by atoms with Gasteiger partial charge in [0.15, 0.2) is 11.5 Å². The number of fused-ring (bicyclic) bond motifs is 1. The summed E-state index contributed by atoms with van der Waals surface area (Å²) < 4.78 is 38.7. The van der Waals surface area contributed by atoms with Crippen LogP contribution in [0.2, 0.25) is 0 Å². The van der Waals surface area contributed by atoms with E-state index in [4.69, 9.17) is 0 Å². The summed E-state index contributed by atoms with van der Waals surface area (Å²) in [5, 5.41) is 0. The van der Waals surface area contributed by atoms with E-state index < -0.39 is 12.3 Å². The van der Waals surface area contributed by atoms with Gasteiger partial charge in [0.05, 0.1) is 6.61 Å². The topological polar surface area (TPSA) is 44.8 Å². The highest BCUT2D eigenvalue weighted by Crippen LogP contribution is 2.41. The number of alkyl halides is 2. The lowest BCUT2D eigenvalue weighted by Gasteiger charge is -2.04. The number of carbonyl (C=O) groups excluding carboxylic acids is 1. The SMILES string of the molecule is CCOC(=O)/C=C/c1ccc2c(c1)OC(F)(F)O2. The number of carbonyl (C=O) groups is 1. The van der Waals surface area contributed by atoms with Crippen molar-refractivity contribution in [2.45, 2.75) is 13.2 Å². The van der Waals surface area contributed by atoms with Crippen LogP contribution in [0.1, 0.15) is 12.5 Å². The fourth-order valence-electron chi connectivity index (χ4n) is 1.42. The Morgan fingerprint density at radius 3 is 2.83 bits per heavy atom. The van der Waals surface area contributed by atoms with Crippen molar-refractivity contribution in [1.29, 1.82) is 0 Å². The number of ether oxygens (including phenoxy) is 3. The van der Waals surface area contributed by atoms with Gasteiger partial charge in [-0.05, 0) is 30.7 Å². The second-order valence-corrected chi connectivity index (χ2v) is 3.46. The lowest BCUT2D eigenvalue weighted by atomic mass is 10.2. The molecule has 96 valence electrons. The molecule has 2 rings (SSSR count). The third kappa shape index (κ3) is 2.77. The van der Waals surface area contributed by atoms with Gasteiger partial charge in [-0.25, -0.2) is 4.79 Å². The van der Waals surface area contributed by atoms with Crippen LogP contribution in [-0.2, 0) is 9.53 Å². The highest BCUT2D eigenvalue weighted by molar-refractivity contribution is 5.87. The van der Waals surface area contributed by atoms with Gasteiger partial charge in [0.1, 0.15) is 0 Å². The summed E-state index contributed by atoms with van der Waals surface area (Å²) in [6.45, 7) is 1.96. The van der Waals surface area contributed by atoms with Crippen LogP contribution in [0.3, 0.4) is 0 Å². The monoisotopic (exact) mass is 256 g/mol. The Morgan fingerprint density at radius 2 is 2.11 bits per heavy atom. The van der Waals surface area contributed by atoms with Crippen LogP contribution in [0.15, 0.2) is 24.3 Å². The van der Waals surface area contributed by atoms with Crippen LogP contribution < -0.4 is 9.47 Å². The van der Waals surface area contributed by atoms with Crippen molar-refractivity contribution in [3.63, 3.8) is 0 Å². The van der Waals surface area contributed by atoms with E-state index in [0.717, 1.165) is 0 Å². The Balaban J connectivity index is 2.12. The molecular weight excluding hydrogens is 246 g/mol. The van der Waals surface area contributed by atoms with E-state index >= 15 is 0 Å². The molecule has 0 saturated heterocycles. The molecule has 0 N–H and O–H groups in total.